The van der Waals surface area contributed by atoms with E-state index in [0.29, 0.717) is 31.9 Å². The molecule has 1 unspecified atom stereocenters. The Morgan fingerprint density at radius 3 is 2.38 bits per heavy atom. The van der Waals surface area contributed by atoms with Crippen LogP contribution in [-0.2, 0) is 26.9 Å². The van der Waals surface area contributed by atoms with Crippen LogP contribution in [0, 0.1) is 0 Å². The second kappa shape index (κ2) is 9.09. The molecule has 3 rings (SSSR count). The van der Waals surface area contributed by atoms with Crippen molar-refractivity contribution in [1.29, 1.82) is 0 Å². The van der Waals surface area contributed by atoms with Crippen LogP contribution in [0.4, 0.5) is 18.0 Å². The molecule has 2 aromatic carbocycles. The van der Waals surface area contributed by atoms with Crippen molar-refractivity contribution in [1.82, 2.24) is 4.90 Å². The van der Waals surface area contributed by atoms with Gasteiger partial charge >= 0.3 is 12.3 Å². The lowest BCUT2D eigenvalue weighted by Gasteiger charge is -2.28. The van der Waals surface area contributed by atoms with Gasteiger partial charge in [-0.2, -0.15) is 13.2 Å². The molecule has 0 saturated carbocycles. The number of rotatable bonds is 5. The van der Waals surface area contributed by atoms with Gasteiger partial charge < -0.3 is 14.4 Å². The van der Waals surface area contributed by atoms with Crippen molar-refractivity contribution in [2.45, 2.75) is 18.7 Å². The standard InChI is InChI=1S/C21H20F3NO4/c22-21(23,24)17-8-4-5-15(13-17)14-18(26)19(16-6-2-1-3-7-16)29-20(27)25-9-11-28-12-10-25/h1-8,13,19H,9-12,14H2. The van der Waals surface area contributed by atoms with Gasteiger partial charge in [0.25, 0.3) is 0 Å². The third-order valence-electron chi connectivity index (χ3n) is 4.52. The van der Waals surface area contributed by atoms with Crippen molar-refractivity contribution in [3.05, 3.63) is 71.3 Å². The molecular weight excluding hydrogens is 387 g/mol. The number of alkyl halides is 3. The summed E-state index contributed by atoms with van der Waals surface area (Å²) in [5, 5.41) is 0. The number of hydrogen-bond acceptors (Lipinski definition) is 4. The maximum atomic E-state index is 12.9. The Kier molecular flexibility index (Phi) is 6.53. The Hall–Kier alpha value is -2.87. The highest BCUT2D eigenvalue weighted by atomic mass is 19.4. The molecule has 2 aromatic rings. The van der Waals surface area contributed by atoms with Crippen molar-refractivity contribution in [3.63, 3.8) is 0 Å². The molecule has 0 bridgehead atoms. The van der Waals surface area contributed by atoms with Crippen molar-refractivity contribution in [3.8, 4) is 0 Å². The van der Waals surface area contributed by atoms with Gasteiger partial charge in [0, 0.05) is 25.1 Å². The fraction of sp³-hybridized carbons (Fsp3) is 0.333. The van der Waals surface area contributed by atoms with Gasteiger partial charge in [-0.3, -0.25) is 4.79 Å². The summed E-state index contributed by atoms with van der Waals surface area (Å²) < 4.78 is 49.5. The van der Waals surface area contributed by atoms with E-state index in [9.17, 15) is 22.8 Å². The Bertz CT molecular complexity index is 849. The van der Waals surface area contributed by atoms with E-state index in [4.69, 9.17) is 9.47 Å². The van der Waals surface area contributed by atoms with Crippen LogP contribution in [0.2, 0.25) is 0 Å². The van der Waals surface area contributed by atoms with Gasteiger partial charge in [0.1, 0.15) is 0 Å². The van der Waals surface area contributed by atoms with Crippen LogP contribution in [0.15, 0.2) is 54.6 Å². The van der Waals surface area contributed by atoms with E-state index < -0.39 is 29.7 Å². The van der Waals surface area contributed by atoms with Gasteiger partial charge in [0.15, 0.2) is 11.9 Å². The molecule has 0 aliphatic carbocycles. The minimum Gasteiger partial charge on any atom is -0.433 e. The number of hydrogen-bond donors (Lipinski definition) is 0. The second-order valence-corrected chi connectivity index (χ2v) is 6.62. The molecule has 1 atom stereocenters. The molecule has 5 nitrogen and oxygen atoms in total. The molecule has 0 spiro atoms. The zero-order chi connectivity index (χ0) is 20.9. The average Bonchev–Trinajstić information content (AvgIpc) is 2.72. The first-order chi connectivity index (χ1) is 13.8. The van der Waals surface area contributed by atoms with E-state index in [-0.39, 0.29) is 12.0 Å². The first kappa shape index (κ1) is 20.9. The SMILES string of the molecule is O=C(Cc1cccc(C(F)(F)F)c1)C(OC(=O)N1CCOCC1)c1ccccc1. The number of carbonyl (C=O) groups excluding carboxylic acids is 2. The van der Waals surface area contributed by atoms with Crippen LogP contribution in [-0.4, -0.2) is 43.1 Å². The van der Waals surface area contributed by atoms with Crippen LogP contribution >= 0.6 is 0 Å². The molecular formula is C21H20F3NO4. The predicted octanol–water partition coefficient (Wildman–Crippen LogP) is 4.03. The van der Waals surface area contributed by atoms with E-state index in [1.54, 1.807) is 30.3 Å². The predicted molar refractivity (Wildman–Crippen MR) is 98.2 cm³/mol. The normalized spacial score (nSPS) is 15.6. The Balaban J connectivity index is 1.79. The molecule has 0 radical (unpaired) electrons. The fourth-order valence-electron chi connectivity index (χ4n) is 3.02. The third-order valence-corrected chi connectivity index (χ3v) is 4.52. The number of morpholine rings is 1. The maximum Gasteiger partial charge on any atom is 0.416 e. The van der Waals surface area contributed by atoms with Gasteiger partial charge in [0.05, 0.1) is 18.8 Å². The topological polar surface area (TPSA) is 55.8 Å². The molecule has 1 amide bonds. The number of halogens is 3. The zero-order valence-corrected chi connectivity index (χ0v) is 15.5. The fourth-order valence-corrected chi connectivity index (χ4v) is 3.02. The Labute approximate surface area is 166 Å². The molecule has 0 N–H and O–H groups in total. The van der Waals surface area contributed by atoms with Crippen LogP contribution in [0.1, 0.15) is 22.8 Å². The summed E-state index contributed by atoms with van der Waals surface area (Å²) in [6.07, 6.45) is -6.65. The first-order valence-electron chi connectivity index (χ1n) is 9.11. The largest absolute Gasteiger partial charge is 0.433 e. The highest BCUT2D eigenvalue weighted by molar-refractivity contribution is 5.88. The lowest BCUT2D eigenvalue weighted by atomic mass is 9.98. The number of ketones is 1. The zero-order valence-electron chi connectivity index (χ0n) is 15.5. The summed E-state index contributed by atoms with van der Waals surface area (Å²) in [6.45, 7) is 1.46. The number of benzene rings is 2. The maximum absolute atomic E-state index is 12.9. The van der Waals surface area contributed by atoms with Crippen molar-refractivity contribution >= 4 is 11.9 Å². The van der Waals surface area contributed by atoms with Crippen molar-refractivity contribution in [2.24, 2.45) is 0 Å². The first-order valence-corrected chi connectivity index (χ1v) is 9.11. The molecule has 154 valence electrons. The average molecular weight is 407 g/mol. The van der Waals surface area contributed by atoms with Gasteiger partial charge in [-0.1, -0.05) is 48.5 Å². The summed E-state index contributed by atoms with van der Waals surface area (Å²) in [5.74, 6) is -0.503. The number of ether oxygens (including phenoxy) is 2. The summed E-state index contributed by atoms with van der Waals surface area (Å²) in [5.41, 5.74) is -0.163. The summed E-state index contributed by atoms with van der Waals surface area (Å²) in [7, 11) is 0. The molecule has 1 fully saturated rings. The highest BCUT2D eigenvalue weighted by Gasteiger charge is 2.32. The quantitative estimate of drug-likeness (QED) is 0.751. The minimum atomic E-state index is -4.50. The minimum absolute atomic E-state index is 0.202. The van der Waals surface area contributed by atoms with Crippen LogP contribution in [0.25, 0.3) is 0 Å². The van der Waals surface area contributed by atoms with Crippen LogP contribution in [0.5, 0.6) is 0 Å². The van der Waals surface area contributed by atoms with Gasteiger partial charge in [-0.15, -0.1) is 0 Å². The molecule has 1 heterocycles. The van der Waals surface area contributed by atoms with Crippen molar-refractivity contribution < 1.29 is 32.2 Å². The second-order valence-electron chi connectivity index (χ2n) is 6.62. The van der Waals surface area contributed by atoms with Crippen LogP contribution in [0.3, 0.4) is 0 Å². The molecule has 1 saturated heterocycles. The molecule has 8 heteroatoms. The van der Waals surface area contributed by atoms with Crippen LogP contribution < -0.4 is 0 Å². The van der Waals surface area contributed by atoms with E-state index >= 15 is 0 Å². The highest BCUT2D eigenvalue weighted by Crippen LogP contribution is 2.30. The monoisotopic (exact) mass is 407 g/mol. The van der Waals surface area contributed by atoms with E-state index in [1.807, 2.05) is 0 Å². The number of Topliss-reactive ketones (excluding diaryl/α,β-unsaturated/α-hetero) is 1. The van der Waals surface area contributed by atoms with Gasteiger partial charge in [-0.05, 0) is 11.6 Å². The molecule has 0 aromatic heterocycles. The summed E-state index contributed by atoms with van der Waals surface area (Å²) >= 11 is 0. The number of carbonyl (C=O) groups is 2. The smallest absolute Gasteiger partial charge is 0.416 e. The van der Waals surface area contributed by atoms with E-state index in [0.717, 1.165) is 12.1 Å². The van der Waals surface area contributed by atoms with E-state index in [1.165, 1.54) is 17.0 Å². The Morgan fingerprint density at radius 1 is 1.03 bits per heavy atom. The summed E-state index contributed by atoms with van der Waals surface area (Å²) in [6, 6.07) is 13.0. The van der Waals surface area contributed by atoms with Gasteiger partial charge in [0.2, 0.25) is 0 Å². The molecule has 29 heavy (non-hydrogen) atoms. The lowest BCUT2D eigenvalue weighted by Crippen LogP contribution is -2.42. The number of amides is 1. The Morgan fingerprint density at radius 2 is 1.72 bits per heavy atom. The van der Waals surface area contributed by atoms with E-state index in [2.05, 4.69) is 0 Å². The van der Waals surface area contributed by atoms with Gasteiger partial charge in [-0.25, -0.2) is 4.79 Å². The number of nitrogens with zero attached hydrogens (tertiary/aromatic N) is 1. The molecule has 1 aliphatic rings. The van der Waals surface area contributed by atoms with Crippen molar-refractivity contribution in [2.75, 3.05) is 26.3 Å². The third kappa shape index (κ3) is 5.57. The lowest BCUT2D eigenvalue weighted by molar-refractivity contribution is -0.137. The molecule has 1 aliphatic heterocycles. The summed E-state index contributed by atoms with van der Waals surface area (Å²) in [4.78, 5) is 26.8.